The molecule has 0 aliphatic carbocycles. The number of likely N-dealkylation sites (tertiary alicyclic amines) is 1. The Morgan fingerprint density at radius 3 is 2.24 bits per heavy atom. The number of anilines is 1. The number of cyclic esters (lactones) is 1. The fraction of sp³-hybridized carbons (Fsp3) is 0.276. The van der Waals surface area contributed by atoms with Crippen LogP contribution in [0.2, 0.25) is 0 Å². The molecule has 0 bridgehead atoms. The maximum absolute atomic E-state index is 13.6. The highest BCUT2D eigenvalue weighted by molar-refractivity contribution is 6.04. The highest BCUT2D eigenvalue weighted by atomic mass is 19.1. The first kappa shape index (κ1) is 24.5. The van der Waals surface area contributed by atoms with Gasteiger partial charge in [0.2, 0.25) is 5.91 Å². The lowest BCUT2D eigenvalue weighted by atomic mass is 9.99. The highest BCUT2D eigenvalue weighted by Crippen LogP contribution is 2.36. The smallest absolute Gasteiger partial charge is 0.411 e. The van der Waals surface area contributed by atoms with Gasteiger partial charge in [-0.1, -0.05) is 42.0 Å². The number of hydrogen-bond acceptors (Lipinski definition) is 4. The van der Waals surface area contributed by atoms with E-state index in [-0.39, 0.29) is 18.4 Å². The predicted molar refractivity (Wildman–Crippen MR) is 136 cm³/mol. The van der Waals surface area contributed by atoms with Gasteiger partial charge >= 0.3 is 6.09 Å². The molecule has 190 valence electrons. The van der Waals surface area contributed by atoms with Crippen LogP contribution in [0.3, 0.4) is 0 Å². The standard InChI is InChI=1S/C29H28FN3O4/c1-19-4-6-20(7-5-19)18-33-25(28(35)32-16-2-3-17-32)26(37-29(33)36)21-10-14-24(15-11-21)31-27(34)22-8-12-23(30)13-9-22/h4-15,25-26H,2-3,16-18H2,1H3,(H,31,34). The summed E-state index contributed by atoms with van der Waals surface area (Å²) in [5, 5.41) is 2.77. The van der Waals surface area contributed by atoms with Gasteiger partial charge in [-0.15, -0.1) is 0 Å². The van der Waals surface area contributed by atoms with E-state index in [1.807, 2.05) is 31.2 Å². The van der Waals surface area contributed by atoms with Gasteiger partial charge < -0.3 is 15.0 Å². The first-order valence-corrected chi connectivity index (χ1v) is 12.4. The number of ether oxygens (including phenoxy) is 1. The second kappa shape index (κ2) is 10.4. The van der Waals surface area contributed by atoms with Crippen molar-refractivity contribution in [3.05, 3.63) is 101 Å². The lowest BCUT2D eigenvalue weighted by Crippen LogP contribution is -2.47. The number of nitrogens with zero attached hydrogens (tertiary/aromatic N) is 2. The summed E-state index contributed by atoms with van der Waals surface area (Å²) in [6.45, 7) is 3.60. The number of carbonyl (C=O) groups excluding carboxylic acids is 3. The number of nitrogens with one attached hydrogen (secondary N) is 1. The van der Waals surface area contributed by atoms with Crippen molar-refractivity contribution in [2.24, 2.45) is 0 Å². The summed E-state index contributed by atoms with van der Waals surface area (Å²) >= 11 is 0. The van der Waals surface area contributed by atoms with Crippen molar-refractivity contribution in [1.29, 1.82) is 0 Å². The van der Waals surface area contributed by atoms with Gasteiger partial charge in [0.25, 0.3) is 5.91 Å². The first-order valence-electron chi connectivity index (χ1n) is 12.4. The van der Waals surface area contributed by atoms with E-state index in [2.05, 4.69) is 5.32 Å². The molecule has 3 amide bonds. The van der Waals surface area contributed by atoms with Crippen molar-refractivity contribution >= 4 is 23.6 Å². The summed E-state index contributed by atoms with van der Waals surface area (Å²) < 4.78 is 18.9. The third-order valence-corrected chi connectivity index (χ3v) is 6.83. The molecule has 37 heavy (non-hydrogen) atoms. The average molecular weight is 502 g/mol. The quantitative estimate of drug-likeness (QED) is 0.512. The van der Waals surface area contributed by atoms with Gasteiger partial charge in [0, 0.05) is 24.3 Å². The van der Waals surface area contributed by atoms with Crippen LogP contribution < -0.4 is 5.32 Å². The van der Waals surface area contributed by atoms with E-state index in [1.54, 1.807) is 29.2 Å². The van der Waals surface area contributed by atoms with Gasteiger partial charge in [-0.2, -0.15) is 0 Å². The van der Waals surface area contributed by atoms with Crippen LogP contribution in [0.4, 0.5) is 14.9 Å². The molecule has 0 radical (unpaired) electrons. The second-order valence-electron chi connectivity index (χ2n) is 9.48. The minimum absolute atomic E-state index is 0.117. The Hall–Kier alpha value is -4.20. The van der Waals surface area contributed by atoms with Gasteiger partial charge in [0.05, 0.1) is 6.54 Å². The van der Waals surface area contributed by atoms with Crippen molar-refractivity contribution < 1.29 is 23.5 Å². The van der Waals surface area contributed by atoms with E-state index in [0.717, 1.165) is 24.0 Å². The van der Waals surface area contributed by atoms with Gasteiger partial charge in [-0.3, -0.25) is 14.5 Å². The summed E-state index contributed by atoms with van der Waals surface area (Å²) in [5.41, 5.74) is 3.56. The minimum Gasteiger partial charge on any atom is -0.438 e. The molecule has 3 aromatic rings. The molecule has 2 aliphatic heterocycles. The number of carbonyl (C=O) groups is 3. The maximum atomic E-state index is 13.6. The van der Waals surface area contributed by atoms with E-state index in [9.17, 15) is 18.8 Å². The van der Waals surface area contributed by atoms with Gasteiger partial charge in [-0.05, 0) is 67.3 Å². The van der Waals surface area contributed by atoms with Crippen molar-refractivity contribution in [3.8, 4) is 0 Å². The van der Waals surface area contributed by atoms with Crippen molar-refractivity contribution in [3.63, 3.8) is 0 Å². The van der Waals surface area contributed by atoms with Crippen LogP contribution in [0.1, 0.15) is 46.0 Å². The zero-order valence-corrected chi connectivity index (χ0v) is 20.5. The third kappa shape index (κ3) is 5.33. The summed E-state index contributed by atoms with van der Waals surface area (Å²) in [6, 6.07) is 19.2. The summed E-state index contributed by atoms with van der Waals surface area (Å²) in [6.07, 6.45) is 0.584. The number of amides is 3. The Kier molecular flexibility index (Phi) is 6.90. The monoisotopic (exact) mass is 501 g/mol. The number of halogens is 1. The molecule has 8 heteroatoms. The molecule has 3 aromatic carbocycles. The number of hydrogen-bond donors (Lipinski definition) is 1. The Balaban J connectivity index is 1.37. The van der Waals surface area contributed by atoms with Crippen LogP contribution >= 0.6 is 0 Å². The Morgan fingerprint density at radius 1 is 0.946 bits per heavy atom. The van der Waals surface area contributed by atoms with Crippen molar-refractivity contribution in [2.75, 3.05) is 18.4 Å². The normalized spacial score (nSPS) is 19.1. The van der Waals surface area contributed by atoms with Crippen molar-refractivity contribution in [1.82, 2.24) is 9.80 Å². The predicted octanol–water partition coefficient (Wildman–Crippen LogP) is 5.07. The van der Waals surface area contributed by atoms with Crippen molar-refractivity contribution in [2.45, 2.75) is 38.5 Å². The van der Waals surface area contributed by atoms with Crippen LogP contribution in [0, 0.1) is 12.7 Å². The topological polar surface area (TPSA) is 79.0 Å². The molecule has 2 fully saturated rings. The van der Waals surface area contributed by atoms with E-state index in [4.69, 9.17) is 4.74 Å². The third-order valence-electron chi connectivity index (χ3n) is 6.83. The second-order valence-corrected chi connectivity index (χ2v) is 9.48. The SMILES string of the molecule is Cc1ccc(CN2C(=O)OC(c3ccc(NC(=O)c4ccc(F)cc4)cc3)C2C(=O)N2CCCC2)cc1. The summed E-state index contributed by atoms with van der Waals surface area (Å²) in [7, 11) is 0. The minimum atomic E-state index is -0.786. The lowest BCUT2D eigenvalue weighted by molar-refractivity contribution is -0.135. The fourth-order valence-electron chi connectivity index (χ4n) is 4.77. The highest BCUT2D eigenvalue weighted by Gasteiger charge is 2.48. The largest absolute Gasteiger partial charge is 0.438 e. The molecule has 2 saturated heterocycles. The molecule has 0 spiro atoms. The van der Waals surface area contributed by atoms with E-state index in [1.165, 1.54) is 29.2 Å². The van der Waals surface area contributed by atoms with E-state index >= 15 is 0 Å². The molecule has 0 aromatic heterocycles. The van der Waals surface area contributed by atoms with Crippen LogP contribution in [-0.2, 0) is 16.1 Å². The van der Waals surface area contributed by atoms with Crippen LogP contribution in [0.15, 0.2) is 72.8 Å². The molecule has 7 nitrogen and oxygen atoms in total. The Morgan fingerprint density at radius 2 is 1.59 bits per heavy atom. The zero-order chi connectivity index (χ0) is 25.9. The van der Waals surface area contributed by atoms with Gasteiger partial charge in [-0.25, -0.2) is 9.18 Å². The van der Waals surface area contributed by atoms with E-state index in [0.29, 0.717) is 29.9 Å². The molecule has 0 saturated carbocycles. The van der Waals surface area contributed by atoms with Crippen LogP contribution in [0.25, 0.3) is 0 Å². The number of rotatable bonds is 6. The summed E-state index contributed by atoms with van der Waals surface area (Å²) in [5.74, 6) is -0.901. The molecule has 2 atom stereocenters. The average Bonchev–Trinajstić information content (AvgIpc) is 3.55. The summed E-state index contributed by atoms with van der Waals surface area (Å²) in [4.78, 5) is 42.4. The first-order chi connectivity index (χ1) is 17.9. The molecular formula is C29H28FN3O4. The molecule has 2 aliphatic rings. The maximum Gasteiger partial charge on any atom is 0.411 e. The molecule has 5 rings (SSSR count). The molecular weight excluding hydrogens is 473 g/mol. The number of benzene rings is 3. The molecule has 2 unspecified atom stereocenters. The number of aryl methyl sites for hydroxylation is 1. The van der Waals surface area contributed by atoms with Gasteiger partial charge in [0.15, 0.2) is 12.1 Å². The lowest BCUT2D eigenvalue weighted by Gasteiger charge is -2.28. The zero-order valence-electron chi connectivity index (χ0n) is 20.5. The Labute approximate surface area is 214 Å². The molecule has 2 heterocycles. The van der Waals surface area contributed by atoms with Crippen LogP contribution in [0.5, 0.6) is 0 Å². The van der Waals surface area contributed by atoms with Gasteiger partial charge in [0.1, 0.15) is 5.82 Å². The molecule has 1 N–H and O–H groups in total. The fourth-order valence-corrected chi connectivity index (χ4v) is 4.77. The van der Waals surface area contributed by atoms with E-state index < -0.39 is 24.1 Å². The van der Waals surface area contributed by atoms with Crippen LogP contribution in [-0.4, -0.2) is 46.8 Å². The Bertz CT molecular complexity index is 1290.